The number of nitrogens with two attached hydrogens (primary N) is 2. The number of anilines is 1. The number of rotatable bonds is 33. The van der Waals surface area contributed by atoms with Crippen LogP contribution in [0.25, 0.3) is 10.9 Å². The molecule has 2 aromatic carbocycles. The van der Waals surface area contributed by atoms with Crippen molar-refractivity contribution in [3.63, 3.8) is 0 Å². The van der Waals surface area contributed by atoms with Gasteiger partial charge in [0, 0.05) is 80.7 Å². The predicted octanol–water partition coefficient (Wildman–Crippen LogP) is -3.26. The van der Waals surface area contributed by atoms with Gasteiger partial charge in [0.05, 0.1) is 67.0 Å². The van der Waals surface area contributed by atoms with Gasteiger partial charge in [-0.15, -0.1) is 0 Å². The van der Waals surface area contributed by atoms with Gasteiger partial charge in [-0.05, 0) is 85.8 Å². The number of unbranched alkanes of at least 4 members (excludes halogenated alkanes) is 5. The molecule has 13 atom stereocenters. The van der Waals surface area contributed by atoms with Gasteiger partial charge in [-0.2, -0.15) is 0 Å². The van der Waals surface area contributed by atoms with Crippen LogP contribution >= 0.6 is 0 Å². The molecule has 40 heteroatoms. The number of carbonyl (C=O) groups is 16. The minimum absolute atomic E-state index is 0.0732. The van der Waals surface area contributed by atoms with Crippen molar-refractivity contribution in [3.8, 4) is 5.75 Å². The van der Waals surface area contributed by atoms with E-state index in [2.05, 4.69) is 68.8 Å². The molecule has 4 aliphatic heterocycles. The number of hydrogen-bond acceptors (Lipinski definition) is 22. The molecule has 114 heavy (non-hydrogen) atoms. The van der Waals surface area contributed by atoms with Crippen LogP contribution in [0.2, 0.25) is 0 Å². The Labute approximate surface area is 659 Å². The minimum atomic E-state index is -2.46. The van der Waals surface area contributed by atoms with Crippen molar-refractivity contribution < 1.29 is 106 Å². The van der Waals surface area contributed by atoms with Crippen LogP contribution in [0.15, 0.2) is 59.6 Å². The topological polar surface area (TPSA) is 588 Å². The maximum Gasteiger partial charge on any atom is 0.407 e. The Bertz CT molecular complexity index is 4050. The van der Waals surface area contributed by atoms with Crippen LogP contribution < -0.4 is 80.0 Å². The number of imide groups is 1. The minimum Gasteiger partial charge on any atom is -0.494 e. The number of fused-ring (bicyclic) bond motifs is 5. The van der Waals surface area contributed by atoms with Crippen molar-refractivity contribution in [2.75, 3.05) is 63.6 Å². The van der Waals surface area contributed by atoms with Gasteiger partial charge in [0.2, 0.25) is 70.9 Å². The fourth-order valence-electron chi connectivity index (χ4n) is 13.1. The van der Waals surface area contributed by atoms with Crippen LogP contribution in [0, 0.1) is 17.8 Å². The predicted molar refractivity (Wildman–Crippen MR) is 408 cm³/mol. The van der Waals surface area contributed by atoms with E-state index >= 15 is 4.21 Å². The van der Waals surface area contributed by atoms with E-state index in [1.54, 1.807) is 70.2 Å². The fourth-order valence-corrected chi connectivity index (χ4v) is 14.5. The molecule has 624 valence electrons. The molecule has 5 heterocycles. The van der Waals surface area contributed by atoms with Crippen LogP contribution in [0.5, 0.6) is 5.75 Å². The van der Waals surface area contributed by atoms with Gasteiger partial charge in [0.1, 0.15) is 65.7 Å². The second-order valence-electron chi connectivity index (χ2n) is 28.8. The second kappa shape index (κ2) is 43.8. The van der Waals surface area contributed by atoms with Crippen molar-refractivity contribution in [2.24, 2.45) is 29.2 Å². The number of H-pyrrole nitrogens is 1. The number of aromatic nitrogens is 1. The second-order valence-corrected chi connectivity index (χ2v) is 30.3. The number of ether oxygens (including phenoxy) is 2. The van der Waals surface area contributed by atoms with Crippen molar-refractivity contribution in [3.05, 3.63) is 65.7 Å². The lowest BCUT2D eigenvalue weighted by Gasteiger charge is -2.32. The molecule has 1 saturated heterocycles. The normalized spacial score (nSPS) is 22.0. The summed E-state index contributed by atoms with van der Waals surface area (Å²) >= 11 is 0. The number of primary amides is 2. The zero-order valence-electron chi connectivity index (χ0n) is 64.2. The van der Waals surface area contributed by atoms with E-state index in [1.165, 1.54) is 19.1 Å². The molecular formula is C74H105N17O22S. The quantitative estimate of drug-likeness (QED) is 0.0210. The van der Waals surface area contributed by atoms with Crippen molar-refractivity contribution >= 4 is 122 Å². The molecule has 2 bridgehead atoms. The number of nitrogens with one attached hydrogen (secondary N) is 13. The van der Waals surface area contributed by atoms with E-state index in [0.29, 0.717) is 68.4 Å². The summed E-state index contributed by atoms with van der Waals surface area (Å²) in [6, 6.07) is -2.11. The number of benzene rings is 2. The van der Waals surface area contributed by atoms with Gasteiger partial charge in [0.15, 0.2) is 0 Å². The number of urea groups is 1. The first-order valence-corrected chi connectivity index (χ1v) is 39.3. The molecule has 0 saturated carbocycles. The molecule has 0 spiro atoms. The van der Waals surface area contributed by atoms with Gasteiger partial charge in [-0.3, -0.25) is 76.2 Å². The fraction of sp³-hybridized carbons (Fsp3) is 0.568. The number of hydrogen-bond donors (Lipinski definition) is 18. The lowest BCUT2D eigenvalue weighted by molar-refractivity contribution is -0.144. The zero-order valence-corrected chi connectivity index (χ0v) is 65.0. The molecule has 1 fully saturated rings. The average Bonchev–Trinajstić information content (AvgIpc) is 1.62. The largest absolute Gasteiger partial charge is 0.494 e. The summed E-state index contributed by atoms with van der Waals surface area (Å²) in [5, 5.41) is 62.8. The van der Waals surface area contributed by atoms with Gasteiger partial charge in [-0.1, -0.05) is 72.4 Å². The smallest absolute Gasteiger partial charge is 0.407 e. The Morgan fingerprint density at radius 3 is 2.06 bits per heavy atom. The number of nitrogens with zero attached hydrogens (tertiary/aromatic N) is 2. The van der Waals surface area contributed by atoms with Gasteiger partial charge < -0.3 is 110 Å². The highest BCUT2D eigenvalue weighted by Gasteiger charge is 2.46. The van der Waals surface area contributed by atoms with E-state index in [1.807, 2.05) is 0 Å². The van der Waals surface area contributed by atoms with Crippen molar-refractivity contribution in [1.29, 1.82) is 0 Å². The zero-order chi connectivity index (χ0) is 83.5. The third-order valence-corrected chi connectivity index (χ3v) is 21.2. The third-order valence-electron chi connectivity index (χ3n) is 19.8. The Kier molecular flexibility index (Phi) is 34.6. The van der Waals surface area contributed by atoms with Crippen LogP contribution in [0.3, 0.4) is 0 Å². The maximum absolute atomic E-state index is 15.2. The average molecular weight is 1620 g/mol. The molecule has 0 radical (unpaired) electrons. The molecule has 3 aromatic rings. The highest BCUT2D eigenvalue weighted by molar-refractivity contribution is 7.85. The lowest BCUT2D eigenvalue weighted by Crippen LogP contribution is -2.62. The summed E-state index contributed by atoms with van der Waals surface area (Å²) in [7, 11) is -2.46. The summed E-state index contributed by atoms with van der Waals surface area (Å²) in [5.74, 6) is -14.7. The summed E-state index contributed by atoms with van der Waals surface area (Å²) in [5.41, 5.74) is 12.0. The number of amides is 17. The standard InChI is InChI=1S/C74H105N17O22S/c1-6-40(4)62-68(105)80-33-57(97)82-52-38-114(111)71-47(31-50(64(101)79-34-58(98)88-62)84-70(107)63(41(5)54(94)36-92)89-67(104)53-29-44(93)35-91(53)72(108)51(32-55(75)95)85-66(52)103)46-22-21-45(30-49(46)86-71)112-28-13-8-7-11-25-78-74(110)113-37-42-17-19-43(20-18-42)81-65(102)48(15-14-26-77-73(76)109)83-69(106)61(39(2)3)87-56(96)16-10-9-12-27-90-59(99)23-24-60(90)100/h17-24,30,39-41,44,48,50-54,61-63,86,92-94H,6-16,25-29,31-38H2,1-5H3,(H2,75,95)(H,78,110)(H,79,101)(H,80,105)(H,81,102)(H,82,97)(H,83,106)(H,84,107)(H,85,103)(H,87,96)(H,88,98)(H,89,104)(H3,76,77,109)/t40-,41-,44+,48+,50-,51?,52-,53-,54-,61+,62-,63-,114?/m0/s1. The first-order chi connectivity index (χ1) is 54.2. The number of aliphatic hydroxyl groups excluding tert-OH is 3. The van der Waals surface area contributed by atoms with E-state index in [-0.39, 0.29) is 91.3 Å². The summed E-state index contributed by atoms with van der Waals surface area (Å²) in [4.78, 5) is 220. The number of aliphatic hydroxyl groups is 3. The Hall–Kier alpha value is -11.1. The summed E-state index contributed by atoms with van der Waals surface area (Å²) in [6.07, 6.45) is 1.26. The molecule has 7 rings (SSSR count). The van der Waals surface area contributed by atoms with E-state index in [0.717, 1.165) is 9.80 Å². The van der Waals surface area contributed by atoms with Gasteiger partial charge in [-0.25, -0.2) is 9.59 Å². The van der Waals surface area contributed by atoms with E-state index in [4.69, 9.17) is 20.9 Å². The molecule has 1 aromatic heterocycles. The summed E-state index contributed by atoms with van der Waals surface area (Å²) < 4.78 is 26.7. The number of carbonyl (C=O) groups excluding carboxylic acids is 16. The Balaban J connectivity index is 0.990. The highest BCUT2D eigenvalue weighted by atomic mass is 32.2. The number of alkyl carbamates (subject to hydrolysis) is 1. The van der Waals surface area contributed by atoms with E-state index in [9.17, 15) is 92.0 Å². The summed E-state index contributed by atoms with van der Waals surface area (Å²) in [6.45, 7) is 5.67. The van der Waals surface area contributed by atoms with Crippen LogP contribution in [0.1, 0.15) is 129 Å². The van der Waals surface area contributed by atoms with Crippen LogP contribution in [-0.2, 0) is 95.7 Å². The molecule has 0 aliphatic carbocycles. The van der Waals surface area contributed by atoms with Gasteiger partial charge >= 0.3 is 12.1 Å². The molecule has 2 unspecified atom stereocenters. The maximum atomic E-state index is 15.2. The first kappa shape index (κ1) is 90.1. The van der Waals surface area contributed by atoms with Crippen LogP contribution in [-0.4, -0.2) is 248 Å². The number of aromatic amines is 1. The molecule has 39 nitrogen and oxygen atoms in total. The Morgan fingerprint density at radius 1 is 0.711 bits per heavy atom. The van der Waals surface area contributed by atoms with Crippen molar-refractivity contribution in [1.82, 2.24) is 73.3 Å². The lowest BCUT2D eigenvalue weighted by atomic mass is 9.93. The SMILES string of the molecule is CC[C@H](C)[C@@H]1NC(=O)CNC(=O)[C@@H]2Cc3c([nH]c4cc(OCCCCCCNC(=O)OCc5ccc(NC(=O)[C@@H](CCCNC(N)=O)NC(=O)[C@H](NC(=O)CCCCCN6C(=O)C=CC6=O)C(C)C)cc5)ccc34)S(=O)C[C@H](NC(=O)CNC1=O)C(=O)NC(CC(N)=O)C(=O)N1C[C@H](O)C[C@H]1C(=O)N[C@@H]([C@@H](C)[C@@H](O)CO)C(=O)N2. The first-order valence-electron chi connectivity index (χ1n) is 38.0. The highest BCUT2D eigenvalue weighted by Crippen LogP contribution is 2.31. The molecule has 17 amide bonds. The van der Waals surface area contributed by atoms with Crippen molar-refractivity contribution in [2.45, 2.75) is 197 Å². The third kappa shape index (κ3) is 26.8. The van der Waals surface area contributed by atoms with Gasteiger partial charge in [0.25, 0.3) is 11.8 Å². The molecular weight excluding hydrogens is 1510 g/mol. The molecule has 4 aliphatic rings. The monoisotopic (exact) mass is 1620 g/mol. The van der Waals surface area contributed by atoms with E-state index < -0.39 is 217 Å². The van der Waals surface area contributed by atoms with Crippen LogP contribution in [0.4, 0.5) is 15.3 Å². The Morgan fingerprint density at radius 2 is 1.39 bits per heavy atom. The molecule has 20 N–H and O–H groups in total.